The van der Waals surface area contributed by atoms with Gasteiger partial charge in [0.25, 0.3) is 0 Å². The second kappa shape index (κ2) is 7.17. The molecule has 0 heterocycles. The average Bonchev–Trinajstić information content (AvgIpc) is 2.38. The van der Waals surface area contributed by atoms with Crippen molar-refractivity contribution in [2.75, 3.05) is 0 Å². The van der Waals surface area contributed by atoms with E-state index in [1.807, 2.05) is 12.1 Å². The summed E-state index contributed by atoms with van der Waals surface area (Å²) in [6, 6.07) is 8.11. The lowest BCUT2D eigenvalue weighted by Crippen LogP contribution is -2.12. The molecule has 1 atom stereocenters. The summed E-state index contributed by atoms with van der Waals surface area (Å²) in [6.45, 7) is 4.39. The second-order valence-corrected chi connectivity index (χ2v) is 4.72. The predicted octanol–water partition coefficient (Wildman–Crippen LogP) is 3.45. The Balaban J connectivity index is 2.66. The van der Waals surface area contributed by atoms with Gasteiger partial charge in [-0.15, -0.1) is 0 Å². The van der Waals surface area contributed by atoms with Gasteiger partial charge >= 0.3 is 5.97 Å². The normalized spacial score (nSPS) is 12.7. The first-order chi connectivity index (χ1) is 8.58. The second-order valence-electron chi connectivity index (χ2n) is 4.72. The van der Waals surface area contributed by atoms with E-state index in [1.54, 1.807) is 0 Å². The van der Waals surface area contributed by atoms with E-state index in [1.165, 1.54) is 5.56 Å². The number of nitrogens with two attached hydrogens (primary N) is 1. The van der Waals surface area contributed by atoms with Gasteiger partial charge in [-0.3, -0.25) is 4.79 Å². The van der Waals surface area contributed by atoms with Crippen molar-refractivity contribution in [3.05, 3.63) is 35.4 Å². The van der Waals surface area contributed by atoms with Crippen LogP contribution in [0.25, 0.3) is 0 Å². The number of carboxylic acids is 1. The molecule has 0 aromatic heterocycles. The highest BCUT2D eigenvalue weighted by atomic mass is 16.4. The average molecular weight is 249 g/mol. The summed E-state index contributed by atoms with van der Waals surface area (Å²) < 4.78 is 0. The molecule has 0 radical (unpaired) electrons. The largest absolute Gasteiger partial charge is 0.481 e. The molecule has 0 amide bonds. The van der Waals surface area contributed by atoms with E-state index in [0.717, 1.165) is 18.4 Å². The fraction of sp³-hybridized carbons (Fsp3) is 0.533. The molecule has 1 unspecified atom stereocenters. The third kappa shape index (κ3) is 4.15. The molecule has 0 saturated carbocycles. The Labute approximate surface area is 109 Å². The predicted molar refractivity (Wildman–Crippen MR) is 73.6 cm³/mol. The quantitative estimate of drug-likeness (QED) is 0.778. The van der Waals surface area contributed by atoms with Crippen molar-refractivity contribution in [3.8, 4) is 0 Å². The van der Waals surface area contributed by atoms with Crippen LogP contribution in [0.3, 0.4) is 0 Å². The van der Waals surface area contributed by atoms with E-state index < -0.39 is 5.97 Å². The zero-order valence-electron chi connectivity index (χ0n) is 11.2. The van der Waals surface area contributed by atoms with Crippen LogP contribution in [-0.4, -0.2) is 11.1 Å². The van der Waals surface area contributed by atoms with Gasteiger partial charge in [-0.05, 0) is 36.3 Å². The molecule has 1 rings (SSSR count). The molecule has 3 nitrogen and oxygen atoms in total. The Kier molecular flexibility index (Phi) is 5.86. The molecular weight excluding hydrogens is 226 g/mol. The lowest BCUT2D eigenvalue weighted by Gasteiger charge is -2.15. The van der Waals surface area contributed by atoms with Gasteiger partial charge < -0.3 is 10.8 Å². The van der Waals surface area contributed by atoms with Crippen LogP contribution in [0, 0.1) is 0 Å². The Hall–Kier alpha value is -1.35. The van der Waals surface area contributed by atoms with Gasteiger partial charge in [-0.2, -0.15) is 0 Å². The lowest BCUT2D eigenvalue weighted by atomic mass is 9.92. The van der Waals surface area contributed by atoms with Crippen LogP contribution in [0.2, 0.25) is 0 Å². The Morgan fingerprint density at radius 1 is 1.17 bits per heavy atom. The SMILES string of the molecule is CCC(CC)c1ccc(C(N)CCC(=O)O)cc1. The standard InChI is InChI=1S/C15H23NO2/c1-3-11(4-2)12-5-7-13(8-6-12)14(16)9-10-15(17)18/h5-8,11,14H,3-4,9-10,16H2,1-2H3,(H,17,18). The fourth-order valence-electron chi connectivity index (χ4n) is 2.22. The number of carboxylic acid groups (broad SMARTS) is 1. The van der Waals surface area contributed by atoms with Gasteiger partial charge in [0, 0.05) is 12.5 Å². The minimum atomic E-state index is -0.792. The van der Waals surface area contributed by atoms with E-state index in [-0.39, 0.29) is 12.5 Å². The van der Waals surface area contributed by atoms with Crippen molar-refractivity contribution < 1.29 is 9.90 Å². The highest BCUT2D eigenvalue weighted by molar-refractivity contribution is 5.66. The molecule has 100 valence electrons. The van der Waals surface area contributed by atoms with Gasteiger partial charge in [0.1, 0.15) is 0 Å². The number of hydrogen-bond acceptors (Lipinski definition) is 2. The highest BCUT2D eigenvalue weighted by Gasteiger charge is 2.10. The summed E-state index contributed by atoms with van der Waals surface area (Å²) in [5.74, 6) is -0.187. The van der Waals surface area contributed by atoms with E-state index >= 15 is 0 Å². The van der Waals surface area contributed by atoms with E-state index in [0.29, 0.717) is 12.3 Å². The maximum absolute atomic E-state index is 10.5. The van der Waals surface area contributed by atoms with Gasteiger partial charge in [0.15, 0.2) is 0 Å². The maximum atomic E-state index is 10.5. The molecule has 0 aliphatic heterocycles. The maximum Gasteiger partial charge on any atom is 0.303 e. The van der Waals surface area contributed by atoms with Crippen LogP contribution in [-0.2, 0) is 4.79 Å². The van der Waals surface area contributed by atoms with Crippen LogP contribution in [0.1, 0.15) is 62.6 Å². The van der Waals surface area contributed by atoms with Gasteiger partial charge in [0.05, 0.1) is 0 Å². The fourth-order valence-corrected chi connectivity index (χ4v) is 2.22. The van der Waals surface area contributed by atoms with E-state index in [9.17, 15) is 4.79 Å². The summed E-state index contributed by atoms with van der Waals surface area (Å²) in [4.78, 5) is 10.5. The molecule has 0 spiro atoms. The van der Waals surface area contributed by atoms with Crippen LogP contribution in [0.4, 0.5) is 0 Å². The van der Waals surface area contributed by atoms with Crippen LogP contribution in [0.5, 0.6) is 0 Å². The first kappa shape index (κ1) is 14.7. The van der Waals surface area contributed by atoms with Crippen molar-refractivity contribution in [2.45, 2.75) is 51.5 Å². The minimum Gasteiger partial charge on any atom is -0.481 e. The molecule has 1 aromatic rings. The van der Waals surface area contributed by atoms with Crippen molar-refractivity contribution in [1.82, 2.24) is 0 Å². The molecule has 0 saturated heterocycles. The molecular formula is C15H23NO2. The third-order valence-corrected chi connectivity index (χ3v) is 3.49. The number of hydrogen-bond donors (Lipinski definition) is 2. The van der Waals surface area contributed by atoms with Crippen molar-refractivity contribution in [3.63, 3.8) is 0 Å². The zero-order valence-corrected chi connectivity index (χ0v) is 11.2. The summed E-state index contributed by atoms with van der Waals surface area (Å²) in [5.41, 5.74) is 8.33. The molecule has 0 fully saturated rings. The topological polar surface area (TPSA) is 63.3 Å². The smallest absolute Gasteiger partial charge is 0.303 e. The summed E-state index contributed by atoms with van der Waals surface area (Å²) in [5, 5.41) is 8.63. The number of benzene rings is 1. The van der Waals surface area contributed by atoms with Crippen molar-refractivity contribution in [1.29, 1.82) is 0 Å². The molecule has 0 bridgehead atoms. The number of carbonyl (C=O) groups is 1. The molecule has 1 aromatic carbocycles. The van der Waals surface area contributed by atoms with Gasteiger partial charge in [0.2, 0.25) is 0 Å². The first-order valence-corrected chi connectivity index (χ1v) is 6.65. The molecule has 3 N–H and O–H groups in total. The third-order valence-electron chi connectivity index (χ3n) is 3.49. The van der Waals surface area contributed by atoms with E-state index in [2.05, 4.69) is 26.0 Å². The summed E-state index contributed by atoms with van der Waals surface area (Å²) >= 11 is 0. The molecule has 3 heteroatoms. The minimum absolute atomic E-state index is 0.120. The molecule has 18 heavy (non-hydrogen) atoms. The molecule has 0 aliphatic carbocycles. The Bertz CT molecular complexity index is 369. The van der Waals surface area contributed by atoms with Crippen LogP contribution in [0.15, 0.2) is 24.3 Å². The number of rotatable bonds is 7. The number of aliphatic carboxylic acids is 1. The van der Waals surface area contributed by atoms with Crippen molar-refractivity contribution in [2.24, 2.45) is 5.73 Å². The Morgan fingerprint density at radius 3 is 2.11 bits per heavy atom. The zero-order chi connectivity index (χ0) is 13.5. The van der Waals surface area contributed by atoms with Crippen LogP contribution >= 0.6 is 0 Å². The first-order valence-electron chi connectivity index (χ1n) is 6.65. The summed E-state index contributed by atoms with van der Waals surface area (Å²) in [6.07, 6.45) is 2.89. The highest BCUT2D eigenvalue weighted by Crippen LogP contribution is 2.25. The van der Waals surface area contributed by atoms with Gasteiger partial charge in [-0.25, -0.2) is 0 Å². The van der Waals surface area contributed by atoms with E-state index in [4.69, 9.17) is 10.8 Å². The van der Waals surface area contributed by atoms with Gasteiger partial charge in [-0.1, -0.05) is 38.1 Å². The van der Waals surface area contributed by atoms with Crippen molar-refractivity contribution >= 4 is 5.97 Å². The monoisotopic (exact) mass is 249 g/mol. The Morgan fingerprint density at radius 2 is 1.67 bits per heavy atom. The molecule has 0 aliphatic rings. The lowest BCUT2D eigenvalue weighted by molar-refractivity contribution is -0.137. The van der Waals surface area contributed by atoms with Crippen LogP contribution < -0.4 is 5.73 Å². The summed E-state index contributed by atoms with van der Waals surface area (Å²) in [7, 11) is 0.